The molecular weight excluding hydrogens is 334 g/mol. The van der Waals surface area contributed by atoms with Crippen LogP contribution in [0.15, 0.2) is 24.3 Å². The lowest BCUT2D eigenvalue weighted by Crippen LogP contribution is -2.40. The minimum atomic E-state index is -0.794. The zero-order valence-corrected chi connectivity index (χ0v) is 15.7. The molecule has 0 bridgehead atoms. The highest BCUT2D eigenvalue weighted by atomic mass is 16.5. The standard InChI is InChI=1S/C20H27NO5/c1-15(20(23)21-12-6-4-5-7-13-21)26-19(22)11-8-16-14-17(24-2)9-10-18(16)25-3/h8-11,14-15H,4-7,12-13H2,1-3H3/b11-8+. The Labute approximate surface area is 154 Å². The van der Waals surface area contributed by atoms with E-state index >= 15 is 0 Å². The molecule has 0 saturated carbocycles. The Morgan fingerprint density at radius 3 is 2.38 bits per heavy atom. The molecule has 26 heavy (non-hydrogen) atoms. The first kappa shape index (κ1) is 19.8. The Morgan fingerprint density at radius 1 is 1.08 bits per heavy atom. The first-order valence-electron chi connectivity index (χ1n) is 8.94. The van der Waals surface area contributed by atoms with E-state index in [2.05, 4.69) is 0 Å². The molecule has 1 aromatic rings. The Hall–Kier alpha value is -2.50. The van der Waals surface area contributed by atoms with Crippen LogP contribution in [0.2, 0.25) is 0 Å². The number of likely N-dealkylation sites (tertiary alicyclic amines) is 1. The third-order valence-corrected chi connectivity index (χ3v) is 4.39. The number of ether oxygens (including phenoxy) is 3. The maximum absolute atomic E-state index is 12.4. The van der Waals surface area contributed by atoms with E-state index in [4.69, 9.17) is 14.2 Å². The lowest BCUT2D eigenvalue weighted by Gasteiger charge is -2.23. The van der Waals surface area contributed by atoms with Gasteiger partial charge < -0.3 is 19.1 Å². The predicted octanol–water partition coefficient (Wildman–Crippen LogP) is 3.05. The van der Waals surface area contributed by atoms with Gasteiger partial charge in [-0.15, -0.1) is 0 Å². The minimum Gasteiger partial charge on any atom is -0.497 e. The van der Waals surface area contributed by atoms with Gasteiger partial charge in [0.1, 0.15) is 11.5 Å². The molecule has 0 N–H and O–H groups in total. The molecule has 1 atom stereocenters. The summed E-state index contributed by atoms with van der Waals surface area (Å²) >= 11 is 0. The van der Waals surface area contributed by atoms with Crippen LogP contribution >= 0.6 is 0 Å². The number of carbonyl (C=O) groups is 2. The summed E-state index contributed by atoms with van der Waals surface area (Å²) < 4.78 is 15.7. The first-order chi connectivity index (χ1) is 12.5. The molecule has 1 saturated heterocycles. The highest BCUT2D eigenvalue weighted by molar-refractivity contribution is 5.90. The molecule has 0 aliphatic carbocycles. The van der Waals surface area contributed by atoms with Crippen molar-refractivity contribution in [3.63, 3.8) is 0 Å². The predicted molar refractivity (Wildman–Crippen MR) is 99.2 cm³/mol. The highest BCUT2D eigenvalue weighted by Gasteiger charge is 2.23. The highest BCUT2D eigenvalue weighted by Crippen LogP contribution is 2.25. The maximum Gasteiger partial charge on any atom is 0.331 e. The third kappa shape index (κ3) is 5.51. The number of esters is 1. The van der Waals surface area contributed by atoms with Gasteiger partial charge in [-0.3, -0.25) is 4.79 Å². The van der Waals surface area contributed by atoms with Crippen molar-refractivity contribution < 1.29 is 23.8 Å². The van der Waals surface area contributed by atoms with E-state index in [1.807, 2.05) is 0 Å². The van der Waals surface area contributed by atoms with Crippen molar-refractivity contribution in [3.05, 3.63) is 29.8 Å². The molecule has 1 aliphatic heterocycles. The number of methoxy groups -OCH3 is 2. The molecule has 6 heteroatoms. The van der Waals surface area contributed by atoms with Gasteiger partial charge in [-0.05, 0) is 44.0 Å². The first-order valence-corrected chi connectivity index (χ1v) is 8.94. The maximum atomic E-state index is 12.4. The van der Waals surface area contributed by atoms with E-state index < -0.39 is 12.1 Å². The number of amides is 1. The molecule has 1 heterocycles. The Kier molecular flexibility index (Phi) is 7.51. The van der Waals surface area contributed by atoms with Gasteiger partial charge in [0.05, 0.1) is 14.2 Å². The van der Waals surface area contributed by atoms with Crippen LogP contribution in [-0.2, 0) is 14.3 Å². The largest absolute Gasteiger partial charge is 0.497 e. The summed E-state index contributed by atoms with van der Waals surface area (Å²) in [5.41, 5.74) is 0.690. The Morgan fingerprint density at radius 2 is 1.77 bits per heavy atom. The summed E-state index contributed by atoms with van der Waals surface area (Å²) in [5.74, 6) is 0.574. The van der Waals surface area contributed by atoms with Crippen LogP contribution in [-0.4, -0.2) is 50.2 Å². The zero-order chi connectivity index (χ0) is 18.9. The number of rotatable bonds is 6. The summed E-state index contributed by atoms with van der Waals surface area (Å²) in [4.78, 5) is 26.3. The van der Waals surface area contributed by atoms with E-state index in [1.54, 1.807) is 50.3 Å². The summed E-state index contributed by atoms with van der Waals surface area (Å²) in [5, 5.41) is 0. The number of hydrogen-bond acceptors (Lipinski definition) is 5. The van der Waals surface area contributed by atoms with Gasteiger partial charge in [-0.25, -0.2) is 4.79 Å². The van der Waals surface area contributed by atoms with Crippen LogP contribution in [0.1, 0.15) is 38.2 Å². The summed E-state index contributed by atoms with van der Waals surface area (Å²) in [7, 11) is 3.12. The molecule has 2 rings (SSSR count). The second kappa shape index (κ2) is 9.85. The van der Waals surface area contributed by atoms with Crippen molar-refractivity contribution in [2.24, 2.45) is 0 Å². The average molecular weight is 361 g/mol. The van der Waals surface area contributed by atoms with E-state index in [-0.39, 0.29) is 5.91 Å². The molecule has 1 amide bonds. The molecule has 1 aliphatic rings. The normalized spacial score (nSPS) is 16.0. The SMILES string of the molecule is COc1ccc(OC)c(/C=C/C(=O)OC(C)C(=O)N2CCCCCC2)c1. The van der Waals surface area contributed by atoms with E-state index in [0.717, 1.165) is 38.8 Å². The molecule has 0 spiro atoms. The van der Waals surface area contributed by atoms with Crippen molar-refractivity contribution in [2.45, 2.75) is 38.7 Å². The minimum absolute atomic E-state index is 0.132. The van der Waals surface area contributed by atoms with Gasteiger partial charge in [-0.2, -0.15) is 0 Å². The summed E-state index contributed by atoms with van der Waals surface area (Å²) in [6, 6.07) is 5.29. The molecule has 1 unspecified atom stereocenters. The molecule has 0 aromatic heterocycles. The number of benzene rings is 1. The fourth-order valence-electron chi connectivity index (χ4n) is 2.94. The lowest BCUT2D eigenvalue weighted by molar-refractivity contribution is -0.155. The van der Waals surface area contributed by atoms with Crippen molar-refractivity contribution in [1.82, 2.24) is 4.90 Å². The van der Waals surface area contributed by atoms with Crippen LogP contribution in [0.3, 0.4) is 0 Å². The second-order valence-electron chi connectivity index (χ2n) is 6.26. The zero-order valence-electron chi connectivity index (χ0n) is 15.7. The third-order valence-electron chi connectivity index (χ3n) is 4.39. The molecule has 1 aromatic carbocycles. The second-order valence-corrected chi connectivity index (χ2v) is 6.26. The topological polar surface area (TPSA) is 65.1 Å². The van der Waals surface area contributed by atoms with E-state index in [9.17, 15) is 9.59 Å². The van der Waals surface area contributed by atoms with Crippen molar-refractivity contribution in [2.75, 3.05) is 27.3 Å². The van der Waals surface area contributed by atoms with Crippen LogP contribution in [0.25, 0.3) is 6.08 Å². The van der Waals surface area contributed by atoms with Crippen molar-refractivity contribution in [3.8, 4) is 11.5 Å². The number of nitrogens with zero attached hydrogens (tertiary/aromatic N) is 1. The van der Waals surface area contributed by atoms with Crippen molar-refractivity contribution >= 4 is 18.0 Å². The number of hydrogen-bond donors (Lipinski definition) is 0. The monoisotopic (exact) mass is 361 g/mol. The molecule has 142 valence electrons. The van der Waals surface area contributed by atoms with Gasteiger partial charge in [0.15, 0.2) is 6.10 Å². The smallest absolute Gasteiger partial charge is 0.331 e. The fraction of sp³-hybridized carbons (Fsp3) is 0.500. The van der Waals surface area contributed by atoms with E-state index in [0.29, 0.717) is 17.1 Å². The molecular formula is C20H27NO5. The lowest BCUT2D eigenvalue weighted by atomic mass is 10.1. The van der Waals surface area contributed by atoms with Gasteiger partial charge in [0, 0.05) is 24.7 Å². The van der Waals surface area contributed by atoms with Gasteiger partial charge in [-0.1, -0.05) is 12.8 Å². The molecule has 0 radical (unpaired) electrons. The number of carbonyl (C=O) groups excluding carboxylic acids is 2. The van der Waals surface area contributed by atoms with Gasteiger partial charge in [0.2, 0.25) is 0 Å². The van der Waals surface area contributed by atoms with Gasteiger partial charge >= 0.3 is 5.97 Å². The molecule has 1 fully saturated rings. The fourth-order valence-corrected chi connectivity index (χ4v) is 2.94. The Balaban J connectivity index is 1.96. The van der Waals surface area contributed by atoms with Crippen LogP contribution in [0.4, 0.5) is 0 Å². The van der Waals surface area contributed by atoms with Crippen molar-refractivity contribution in [1.29, 1.82) is 0 Å². The van der Waals surface area contributed by atoms with Crippen LogP contribution in [0, 0.1) is 0 Å². The molecule has 6 nitrogen and oxygen atoms in total. The summed E-state index contributed by atoms with van der Waals surface area (Å²) in [6.45, 7) is 3.08. The average Bonchev–Trinajstić information content (AvgIpc) is 2.94. The quantitative estimate of drug-likeness (QED) is 0.576. The van der Waals surface area contributed by atoms with Gasteiger partial charge in [0.25, 0.3) is 5.91 Å². The van der Waals surface area contributed by atoms with E-state index in [1.165, 1.54) is 6.08 Å². The van der Waals surface area contributed by atoms with Crippen LogP contribution < -0.4 is 9.47 Å². The van der Waals surface area contributed by atoms with Crippen LogP contribution in [0.5, 0.6) is 11.5 Å². The Bertz CT molecular complexity index is 648. The summed E-state index contributed by atoms with van der Waals surface area (Å²) in [6.07, 6.45) is 6.38.